The van der Waals surface area contributed by atoms with Gasteiger partial charge in [0.25, 0.3) is 0 Å². The van der Waals surface area contributed by atoms with E-state index in [9.17, 15) is 0 Å². The largest absolute Gasteiger partial charge is 0.0853 e. The number of allylic oxidation sites excluding steroid dienone is 2. The fourth-order valence-corrected chi connectivity index (χ4v) is 4.51. The zero-order chi connectivity index (χ0) is 17.0. The minimum Gasteiger partial charge on any atom is -0.0853 e. The van der Waals surface area contributed by atoms with Gasteiger partial charge in [0.15, 0.2) is 0 Å². The fourth-order valence-electron chi connectivity index (χ4n) is 4.51. The van der Waals surface area contributed by atoms with Crippen LogP contribution in [-0.4, -0.2) is 0 Å². The molecule has 1 aromatic rings. The summed E-state index contributed by atoms with van der Waals surface area (Å²) in [6, 6.07) is 4.95. The van der Waals surface area contributed by atoms with E-state index < -0.39 is 0 Å². The summed E-state index contributed by atoms with van der Waals surface area (Å²) in [6.45, 7) is 14.1. The number of benzene rings is 1. The predicted octanol–water partition coefficient (Wildman–Crippen LogP) is 7.13. The highest BCUT2D eigenvalue weighted by molar-refractivity contribution is 5.42. The molecule has 0 fully saturated rings. The molecule has 0 aromatic heterocycles. The van der Waals surface area contributed by atoms with Crippen molar-refractivity contribution in [3.63, 3.8) is 0 Å². The molecule has 0 saturated carbocycles. The van der Waals surface area contributed by atoms with Crippen LogP contribution in [0.5, 0.6) is 0 Å². The lowest BCUT2D eigenvalue weighted by atomic mass is 9.69. The lowest BCUT2D eigenvalue weighted by Crippen LogP contribution is -2.23. The fraction of sp³-hybridized carbons (Fsp3) is 0.652. The molecule has 2 atom stereocenters. The molecule has 0 heteroatoms. The van der Waals surface area contributed by atoms with Crippen molar-refractivity contribution in [2.24, 2.45) is 11.8 Å². The molecule has 0 nitrogen and oxygen atoms in total. The van der Waals surface area contributed by atoms with Gasteiger partial charge in [-0.2, -0.15) is 0 Å². The van der Waals surface area contributed by atoms with Gasteiger partial charge in [0, 0.05) is 0 Å². The van der Waals surface area contributed by atoms with Gasteiger partial charge in [0.1, 0.15) is 0 Å². The van der Waals surface area contributed by atoms with E-state index in [4.69, 9.17) is 0 Å². The maximum atomic E-state index is 2.48. The molecule has 0 heterocycles. The van der Waals surface area contributed by atoms with Crippen molar-refractivity contribution >= 4 is 0 Å². The third-order valence-electron chi connectivity index (χ3n) is 5.75. The van der Waals surface area contributed by atoms with Crippen LogP contribution >= 0.6 is 0 Å². The van der Waals surface area contributed by atoms with Crippen LogP contribution in [0.1, 0.15) is 88.0 Å². The van der Waals surface area contributed by atoms with Crippen LogP contribution in [0.15, 0.2) is 23.8 Å². The van der Waals surface area contributed by atoms with Crippen LogP contribution in [0.4, 0.5) is 0 Å². The van der Waals surface area contributed by atoms with Gasteiger partial charge in [-0.05, 0) is 86.5 Å². The average molecular weight is 313 g/mol. The molecule has 0 saturated heterocycles. The van der Waals surface area contributed by atoms with Gasteiger partial charge in [0.2, 0.25) is 0 Å². The van der Waals surface area contributed by atoms with Crippen molar-refractivity contribution in [1.82, 2.24) is 0 Å². The van der Waals surface area contributed by atoms with Crippen LogP contribution in [-0.2, 0) is 6.42 Å². The molecule has 0 amide bonds. The summed E-state index contributed by atoms with van der Waals surface area (Å²) in [7, 11) is 0. The Bertz CT molecular complexity index is 524. The standard InChI is InChI=1S/C23H36/c1-7-8-9-10-20-14-18(5)23(19(6)15-20)22-13-17(4)11-12-21(22)16(2)3/h11,14-16,21-22H,7-10,12-13H2,1-6H3. The van der Waals surface area contributed by atoms with Gasteiger partial charge in [0.05, 0.1) is 0 Å². The lowest BCUT2D eigenvalue weighted by Gasteiger charge is -2.36. The summed E-state index contributed by atoms with van der Waals surface area (Å²) in [4.78, 5) is 0. The highest BCUT2D eigenvalue weighted by Gasteiger charge is 2.30. The maximum Gasteiger partial charge on any atom is -0.00859 e. The van der Waals surface area contributed by atoms with E-state index in [2.05, 4.69) is 59.8 Å². The normalized spacial score (nSPS) is 21.6. The lowest BCUT2D eigenvalue weighted by molar-refractivity contribution is 0.304. The minimum atomic E-state index is 0.713. The van der Waals surface area contributed by atoms with Crippen LogP contribution < -0.4 is 0 Å². The first-order valence-corrected chi connectivity index (χ1v) is 9.69. The van der Waals surface area contributed by atoms with E-state index in [0.717, 1.165) is 11.8 Å². The predicted molar refractivity (Wildman–Crippen MR) is 103 cm³/mol. The Hall–Kier alpha value is -1.04. The smallest absolute Gasteiger partial charge is 0.00859 e. The molecular weight excluding hydrogens is 276 g/mol. The first-order valence-electron chi connectivity index (χ1n) is 9.69. The number of aryl methyl sites for hydroxylation is 3. The van der Waals surface area contributed by atoms with E-state index in [-0.39, 0.29) is 0 Å². The zero-order valence-corrected chi connectivity index (χ0v) is 16.2. The Balaban J connectivity index is 2.29. The summed E-state index contributed by atoms with van der Waals surface area (Å²) in [6.07, 6.45) is 10.2. The molecular formula is C23H36. The van der Waals surface area contributed by atoms with E-state index in [1.54, 1.807) is 16.7 Å². The van der Waals surface area contributed by atoms with Gasteiger partial charge < -0.3 is 0 Å². The molecule has 0 bridgehead atoms. The van der Waals surface area contributed by atoms with Crippen molar-refractivity contribution in [2.45, 2.75) is 86.0 Å². The second-order valence-electron chi connectivity index (χ2n) is 8.11. The SMILES string of the molecule is CCCCCc1cc(C)c(C2CC(C)=CCC2C(C)C)c(C)c1. The van der Waals surface area contributed by atoms with E-state index in [1.807, 2.05) is 0 Å². The van der Waals surface area contributed by atoms with Gasteiger partial charge in [-0.25, -0.2) is 0 Å². The molecule has 1 aliphatic rings. The summed E-state index contributed by atoms with van der Waals surface area (Å²) < 4.78 is 0. The van der Waals surface area contributed by atoms with Crippen LogP contribution in [0.25, 0.3) is 0 Å². The Morgan fingerprint density at radius 1 is 1.04 bits per heavy atom. The van der Waals surface area contributed by atoms with Gasteiger partial charge >= 0.3 is 0 Å². The molecule has 2 unspecified atom stereocenters. The third-order valence-corrected chi connectivity index (χ3v) is 5.75. The Morgan fingerprint density at radius 3 is 2.26 bits per heavy atom. The summed E-state index contributed by atoms with van der Waals surface area (Å²) in [5.41, 5.74) is 7.83. The van der Waals surface area contributed by atoms with Crippen molar-refractivity contribution in [2.75, 3.05) is 0 Å². The van der Waals surface area contributed by atoms with Crippen molar-refractivity contribution in [3.05, 3.63) is 46.0 Å². The summed E-state index contributed by atoms with van der Waals surface area (Å²) in [5.74, 6) is 2.26. The van der Waals surface area contributed by atoms with Crippen LogP contribution in [0, 0.1) is 25.7 Å². The molecule has 0 N–H and O–H groups in total. The molecule has 0 spiro atoms. The first-order chi connectivity index (χ1) is 10.9. The van der Waals surface area contributed by atoms with Crippen LogP contribution in [0.2, 0.25) is 0 Å². The van der Waals surface area contributed by atoms with Crippen molar-refractivity contribution in [3.8, 4) is 0 Å². The molecule has 128 valence electrons. The van der Waals surface area contributed by atoms with E-state index >= 15 is 0 Å². The summed E-state index contributed by atoms with van der Waals surface area (Å²) >= 11 is 0. The second-order valence-corrected chi connectivity index (χ2v) is 8.11. The molecule has 1 aromatic carbocycles. The minimum absolute atomic E-state index is 0.713. The van der Waals surface area contributed by atoms with Crippen molar-refractivity contribution < 1.29 is 0 Å². The maximum absolute atomic E-state index is 2.48. The number of hydrogen-bond donors (Lipinski definition) is 0. The quantitative estimate of drug-likeness (QED) is 0.387. The number of unbranched alkanes of at least 4 members (excludes halogenated alkanes) is 2. The molecule has 0 radical (unpaired) electrons. The summed E-state index contributed by atoms with van der Waals surface area (Å²) in [5, 5.41) is 0. The zero-order valence-electron chi connectivity index (χ0n) is 16.2. The molecule has 2 rings (SSSR count). The second kappa shape index (κ2) is 8.18. The van der Waals surface area contributed by atoms with Crippen LogP contribution in [0.3, 0.4) is 0 Å². The monoisotopic (exact) mass is 312 g/mol. The highest BCUT2D eigenvalue weighted by Crippen LogP contribution is 2.43. The van der Waals surface area contributed by atoms with Gasteiger partial charge in [-0.15, -0.1) is 0 Å². The van der Waals surface area contributed by atoms with Gasteiger partial charge in [-0.1, -0.05) is 57.4 Å². The first kappa shape index (κ1) is 18.3. The Morgan fingerprint density at radius 2 is 1.70 bits per heavy atom. The number of rotatable bonds is 6. The Kier molecular flexibility index (Phi) is 6.50. The van der Waals surface area contributed by atoms with E-state index in [0.29, 0.717) is 5.92 Å². The molecule has 23 heavy (non-hydrogen) atoms. The topological polar surface area (TPSA) is 0 Å². The highest BCUT2D eigenvalue weighted by atomic mass is 14.3. The third kappa shape index (κ3) is 4.49. The number of hydrogen-bond acceptors (Lipinski definition) is 0. The molecule has 0 aliphatic heterocycles. The van der Waals surface area contributed by atoms with Crippen molar-refractivity contribution in [1.29, 1.82) is 0 Å². The Labute approximate surface area is 144 Å². The molecule has 1 aliphatic carbocycles. The van der Waals surface area contributed by atoms with Gasteiger partial charge in [-0.3, -0.25) is 0 Å². The average Bonchev–Trinajstić information content (AvgIpc) is 2.46. The van der Waals surface area contributed by atoms with E-state index in [1.165, 1.54) is 49.7 Å².